The van der Waals surface area contributed by atoms with E-state index >= 15 is 0 Å². The molecule has 1 aromatic carbocycles. The van der Waals surface area contributed by atoms with Crippen molar-refractivity contribution in [3.8, 4) is 5.75 Å². The van der Waals surface area contributed by atoms with Crippen molar-refractivity contribution >= 4 is 11.9 Å². The predicted octanol–water partition coefficient (Wildman–Crippen LogP) is 2.20. The molecule has 1 aromatic rings. The summed E-state index contributed by atoms with van der Waals surface area (Å²) in [6.45, 7) is 8.01. The Morgan fingerprint density at radius 1 is 1.42 bits per heavy atom. The highest BCUT2D eigenvalue weighted by molar-refractivity contribution is 5.79. The van der Waals surface area contributed by atoms with Gasteiger partial charge in [0.1, 0.15) is 5.75 Å². The maximum Gasteiger partial charge on any atom is 0.317 e. The summed E-state index contributed by atoms with van der Waals surface area (Å²) in [5.41, 5.74) is 2.08. The number of benzene rings is 1. The third-order valence-electron chi connectivity index (χ3n) is 4.16. The van der Waals surface area contributed by atoms with Gasteiger partial charge in [0.2, 0.25) is 5.91 Å². The zero-order valence-electron chi connectivity index (χ0n) is 14.7. The van der Waals surface area contributed by atoms with Crippen molar-refractivity contribution in [2.45, 2.75) is 46.3 Å². The van der Waals surface area contributed by atoms with Crippen LogP contribution in [0.3, 0.4) is 0 Å². The van der Waals surface area contributed by atoms with Crippen LogP contribution in [0, 0.1) is 6.92 Å². The zero-order valence-corrected chi connectivity index (χ0v) is 14.7. The van der Waals surface area contributed by atoms with Gasteiger partial charge in [0.15, 0.2) is 0 Å². The topological polar surface area (TPSA) is 70.7 Å². The molecule has 0 spiro atoms. The second kappa shape index (κ2) is 8.57. The van der Waals surface area contributed by atoms with E-state index in [1.54, 1.807) is 4.90 Å². The summed E-state index contributed by atoms with van der Waals surface area (Å²) in [6.07, 6.45) is 1.40. The fourth-order valence-corrected chi connectivity index (χ4v) is 2.47. The van der Waals surface area contributed by atoms with Crippen LogP contribution in [0.15, 0.2) is 18.2 Å². The van der Waals surface area contributed by atoms with E-state index < -0.39 is 0 Å². The van der Waals surface area contributed by atoms with Crippen molar-refractivity contribution in [2.24, 2.45) is 0 Å². The third-order valence-corrected chi connectivity index (χ3v) is 4.16. The summed E-state index contributed by atoms with van der Waals surface area (Å²) in [6, 6.07) is 5.85. The van der Waals surface area contributed by atoms with Crippen LogP contribution in [0.4, 0.5) is 4.79 Å². The fraction of sp³-hybridized carbons (Fsp3) is 0.556. The van der Waals surface area contributed by atoms with Crippen LogP contribution in [0.25, 0.3) is 0 Å². The molecule has 0 radical (unpaired) electrons. The lowest BCUT2D eigenvalue weighted by Crippen LogP contribution is -2.41. The molecule has 0 aliphatic carbocycles. The Labute approximate surface area is 143 Å². The van der Waals surface area contributed by atoms with E-state index in [-0.39, 0.29) is 18.0 Å². The van der Waals surface area contributed by atoms with Crippen molar-refractivity contribution in [1.29, 1.82) is 0 Å². The Morgan fingerprint density at radius 2 is 2.21 bits per heavy atom. The van der Waals surface area contributed by atoms with Gasteiger partial charge in [-0.25, -0.2) is 4.79 Å². The Kier molecular flexibility index (Phi) is 6.46. The van der Waals surface area contributed by atoms with Gasteiger partial charge in [-0.2, -0.15) is 0 Å². The van der Waals surface area contributed by atoms with Gasteiger partial charge in [-0.05, 0) is 31.9 Å². The fourth-order valence-electron chi connectivity index (χ4n) is 2.47. The minimum Gasteiger partial charge on any atom is -0.490 e. The molecule has 0 saturated carbocycles. The van der Waals surface area contributed by atoms with E-state index in [9.17, 15) is 9.59 Å². The highest BCUT2D eigenvalue weighted by Crippen LogP contribution is 2.22. The molecule has 3 amide bonds. The van der Waals surface area contributed by atoms with Gasteiger partial charge in [0, 0.05) is 38.2 Å². The molecule has 2 rings (SSSR count). The minimum absolute atomic E-state index is 0.00641. The molecule has 1 heterocycles. The maximum absolute atomic E-state index is 12.3. The van der Waals surface area contributed by atoms with Gasteiger partial charge >= 0.3 is 6.03 Å². The number of urea groups is 1. The smallest absolute Gasteiger partial charge is 0.317 e. The Bertz CT molecular complexity index is 589. The highest BCUT2D eigenvalue weighted by Gasteiger charge is 2.18. The summed E-state index contributed by atoms with van der Waals surface area (Å²) in [5, 5.41) is 5.70. The number of amides is 3. The molecule has 1 fully saturated rings. The Hall–Kier alpha value is -2.24. The van der Waals surface area contributed by atoms with E-state index in [2.05, 4.69) is 17.6 Å². The maximum atomic E-state index is 12.3. The molecule has 1 atom stereocenters. The van der Waals surface area contributed by atoms with Crippen LogP contribution < -0.4 is 15.4 Å². The number of nitrogens with zero attached hydrogens (tertiary/aromatic N) is 1. The molecular formula is C18H27N3O3. The first-order chi connectivity index (χ1) is 11.5. The first-order valence-electron chi connectivity index (χ1n) is 8.55. The van der Waals surface area contributed by atoms with Crippen molar-refractivity contribution < 1.29 is 14.3 Å². The molecule has 6 heteroatoms. The van der Waals surface area contributed by atoms with Gasteiger partial charge in [-0.1, -0.05) is 19.1 Å². The van der Waals surface area contributed by atoms with Gasteiger partial charge < -0.3 is 20.3 Å². The zero-order chi connectivity index (χ0) is 17.5. The third kappa shape index (κ3) is 5.15. The summed E-state index contributed by atoms with van der Waals surface area (Å²) in [7, 11) is 0. The van der Waals surface area contributed by atoms with Gasteiger partial charge in [0.05, 0.1) is 6.10 Å². The predicted molar refractivity (Wildman–Crippen MR) is 93.0 cm³/mol. The number of rotatable bonds is 5. The second-order valence-corrected chi connectivity index (χ2v) is 6.19. The molecule has 1 aliphatic rings. The normalized spacial score (nSPS) is 16.1. The summed E-state index contributed by atoms with van der Waals surface area (Å²) < 4.78 is 5.97. The molecule has 132 valence electrons. The van der Waals surface area contributed by atoms with Crippen molar-refractivity contribution in [1.82, 2.24) is 15.5 Å². The number of hydrogen-bond acceptors (Lipinski definition) is 3. The SMILES string of the molecule is CCC(C)Oc1cc(C)ccc1CNC(=O)N1CCNC(=O)CC1. The molecule has 1 saturated heterocycles. The number of hydrogen-bond donors (Lipinski definition) is 2. The molecule has 1 unspecified atom stereocenters. The lowest BCUT2D eigenvalue weighted by molar-refractivity contribution is -0.120. The molecule has 0 bridgehead atoms. The average molecular weight is 333 g/mol. The van der Waals surface area contributed by atoms with Crippen molar-refractivity contribution in [2.75, 3.05) is 19.6 Å². The molecule has 2 N–H and O–H groups in total. The summed E-state index contributed by atoms with van der Waals surface area (Å²) >= 11 is 0. The van der Waals surface area contributed by atoms with E-state index in [0.717, 1.165) is 23.3 Å². The standard InChI is InChI=1S/C18H27N3O3/c1-4-14(3)24-16-11-13(2)5-6-15(16)12-20-18(23)21-9-7-17(22)19-8-10-21/h5-6,11,14H,4,7-10,12H2,1-3H3,(H,19,22)(H,20,23). The molecule has 6 nitrogen and oxygen atoms in total. The molecule has 0 aromatic heterocycles. The van der Waals surface area contributed by atoms with Crippen LogP contribution in [-0.2, 0) is 11.3 Å². The Balaban J connectivity index is 1.97. The van der Waals surface area contributed by atoms with E-state index in [0.29, 0.717) is 32.6 Å². The van der Waals surface area contributed by atoms with Gasteiger partial charge in [-0.3, -0.25) is 4.79 Å². The quantitative estimate of drug-likeness (QED) is 0.868. The summed E-state index contributed by atoms with van der Waals surface area (Å²) in [5.74, 6) is 0.811. The van der Waals surface area contributed by atoms with E-state index in [1.807, 2.05) is 32.0 Å². The van der Waals surface area contributed by atoms with Crippen LogP contribution in [0.5, 0.6) is 5.75 Å². The van der Waals surface area contributed by atoms with E-state index in [4.69, 9.17) is 4.74 Å². The molecule has 24 heavy (non-hydrogen) atoms. The number of nitrogens with one attached hydrogen (secondary N) is 2. The Morgan fingerprint density at radius 3 is 2.96 bits per heavy atom. The number of aryl methyl sites for hydroxylation is 1. The highest BCUT2D eigenvalue weighted by atomic mass is 16.5. The minimum atomic E-state index is -0.151. The monoisotopic (exact) mass is 333 g/mol. The number of ether oxygens (including phenoxy) is 1. The van der Waals surface area contributed by atoms with Gasteiger partial charge in [0.25, 0.3) is 0 Å². The average Bonchev–Trinajstić information content (AvgIpc) is 2.78. The number of carbonyl (C=O) groups excluding carboxylic acids is 2. The summed E-state index contributed by atoms with van der Waals surface area (Å²) in [4.78, 5) is 25.3. The van der Waals surface area contributed by atoms with Crippen LogP contribution >= 0.6 is 0 Å². The van der Waals surface area contributed by atoms with Crippen molar-refractivity contribution in [3.63, 3.8) is 0 Å². The first kappa shape index (κ1) is 18.1. The number of carbonyl (C=O) groups is 2. The molecular weight excluding hydrogens is 306 g/mol. The van der Waals surface area contributed by atoms with Gasteiger partial charge in [-0.15, -0.1) is 0 Å². The van der Waals surface area contributed by atoms with Crippen molar-refractivity contribution in [3.05, 3.63) is 29.3 Å². The van der Waals surface area contributed by atoms with Crippen LogP contribution in [-0.4, -0.2) is 42.6 Å². The largest absolute Gasteiger partial charge is 0.490 e. The van der Waals surface area contributed by atoms with Crippen LogP contribution in [0.2, 0.25) is 0 Å². The van der Waals surface area contributed by atoms with Crippen LogP contribution in [0.1, 0.15) is 37.8 Å². The lowest BCUT2D eigenvalue weighted by Gasteiger charge is -2.21. The first-order valence-corrected chi connectivity index (χ1v) is 8.55. The van der Waals surface area contributed by atoms with E-state index in [1.165, 1.54) is 0 Å². The second-order valence-electron chi connectivity index (χ2n) is 6.19. The lowest BCUT2D eigenvalue weighted by atomic mass is 10.1. The molecule has 1 aliphatic heterocycles.